The predicted octanol–water partition coefficient (Wildman–Crippen LogP) is 6.02. The first kappa shape index (κ1) is 24.0. The lowest BCUT2D eigenvalue weighted by atomic mass is 10.1. The van der Waals surface area contributed by atoms with Crippen molar-refractivity contribution in [2.75, 3.05) is 13.1 Å². The second-order valence-corrected chi connectivity index (χ2v) is 9.89. The third-order valence-corrected chi connectivity index (χ3v) is 7.27. The maximum Gasteiger partial charge on any atom is 0.293 e. The summed E-state index contributed by atoms with van der Waals surface area (Å²) in [5.74, 6) is -0.497. The molecule has 2 heterocycles. The van der Waals surface area contributed by atoms with Gasteiger partial charge in [0.15, 0.2) is 0 Å². The smallest absolute Gasteiger partial charge is 0.268 e. The number of carbonyl (C=O) groups is 4. The number of thioether (sulfide) groups is 2. The second kappa shape index (κ2) is 11.4. The summed E-state index contributed by atoms with van der Waals surface area (Å²) in [6, 6.07) is 18.9. The van der Waals surface area contributed by atoms with Gasteiger partial charge < -0.3 is 0 Å². The number of amides is 4. The largest absolute Gasteiger partial charge is 0.293 e. The zero-order valence-electron chi connectivity index (χ0n) is 18.5. The SMILES string of the molecule is O=C1S/C(=C/c2ccccc2)C(=O)N1CCCCCCN1C(=O)S/C(=C/c2ccccc2)C1=O. The number of nitrogens with zero attached hydrogens (tertiary/aromatic N) is 2. The molecule has 0 atom stereocenters. The van der Waals surface area contributed by atoms with E-state index in [0.717, 1.165) is 47.5 Å². The van der Waals surface area contributed by atoms with E-state index in [1.54, 1.807) is 12.2 Å². The molecule has 34 heavy (non-hydrogen) atoms. The van der Waals surface area contributed by atoms with Crippen LogP contribution in [0.5, 0.6) is 0 Å². The van der Waals surface area contributed by atoms with Crippen molar-refractivity contribution in [1.29, 1.82) is 0 Å². The number of hydrogen-bond acceptors (Lipinski definition) is 6. The molecule has 0 spiro atoms. The molecule has 0 radical (unpaired) electrons. The Bertz CT molecular complexity index is 1050. The van der Waals surface area contributed by atoms with Gasteiger partial charge in [0.05, 0.1) is 9.81 Å². The summed E-state index contributed by atoms with van der Waals surface area (Å²) in [5, 5.41) is -0.481. The molecule has 0 unspecified atom stereocenters. The van der Waals surface area contributed by atoms with Crippen molar-refractivity contribution in [1.82, 2.24) is 9.80 Å². The molecule has 6 nitrogen and oxygen atoms in total. The lowest BCUT2D eigenvalue weighted by Gasteiger charge is -2.13. The molecule has 0 bridgehead atoms. The number of benzene rings is 2. The van der Waals surface area contributed by atoms with Crippen LogP contribution >= 0.6 is 23.5 Å². The molecule has 2 aliphatic heterocycles. The first-order chi connectivity index (χ1) is 16.5. The highest BCUT2D eigenvalue weighted by molar-refractivity contribution is 8.18. The highest BCUT2D eigenvalue weighted by atomic mass is 32.2. The molecule has 8 heteroatoms. The Kier molecular flexibility index (Phi) is 8.03. The minimum atomic E-state index is -0.248. The standard InChI is InChI=1S/C26H24N2O4S2/c29-23-21(17-19-11-5-3-6-12-19)33-25(31)27(23)15-9-1-2-10-16-28-24(30)22(34-26(28)32)18-20-13-7-4-8-14-20/h3-8,11-14,17-18H,1-2,9-10,15-16H2/b21-17+,22-18+. The van der Waals surface area contributed by atoms with Crippen LogP contribution < -0.4 is 0 Å². The molecule has 2 aromatic carbocycles. The summed E-state index contributed by atoms with van der Waals surface area (Å²) >= 11 is 1.94. The minimum absolute atomic E-state index is 0.241. The third kappa shape index (κ3) is 5.87. The van der Waals surface area contributed by atoms with Crippen molar-refractivity contribution in [3.8, 4) is 0 Å². The van der Waals surface area contributed by atoms with E-state index in [2.05, 4.69) is 0 Å². The molecule has 2 fully saturated rings. The van der Waals surface area contributed by atoms with Crippen LogP contribution in [0.2, 0.25) is 0 Å². The number of rotatable bonds is 9. The topological polar surface area (TPSA) is 74.8 Å². The van der Waals surface area contributed by atoms with Gasteiger partial charge in [-0.2, -0.15) is 0 Å². The Balaban J connectivity index is 1.20. The van der Waals surface area contributed by atoms with Crippen LogP contribution in [0.4, 0.5) is 9.59 Å². The zero-order chi connectivity index (χ0) is 23.9. The van der Waals surface area contributed by atoms with E-state index < -0.39 is 0 Å². The third-order valence-electron chi connectivity index (χ3n) is 5.46. The molecule has 4 amide bonds. The Morgan fingerprint density at radius 1 is 0.559 bits per heavy atom. The van der Waals surface area contributed by atoms with Gasteiger partial charge in [-0.3, -0.25) is 29.0 Å². The van der Waals surface area contributed by atoms with Crippen molar-refractivity contribution in [3.63, 3.8) is 0 Å². The fraction of sp³-hybridized carbons (Fsp3) is 0.231. The predicted molar refractivity (Wildman–Crippen MR) is 137 cm³/mol. The summed E-state index contributed by atoms with van der Waals surface area (Å²) < 4.78 is 0. The minimum Gasteiger partial charge on any atom is -0.268 e. The van der Waals surface area contributed by atoms with E-state index >= 15 is 0 Å². The van der Waals surface area contributed by atoms with Gasteiger partial charge in [0, 0.05) is 13.1 Å². The lowest BCUT2D eigenvalue weighted by molar-refractivity contribution is -0.123. The summed E-state index contributed by atoms with van der Waals surface area (Å²) in [7, 11) is 0. The van der Waals surface area contributed by atoms with Gasteiger partial charge in [-0.05, 0) is 59.6 Å². The van der Waals surface area contributed by atoms with Gasteiger partial charge >= 0.3 is 0 Å². The van der Waals surface area contributed by atoms with Crippen molar-refractivity contribution in [3.05, 3.63) is 81.6 Å². The average Bonchev–Trinajstić information content (AvgIpc) is 3.26. The van der Waals surface area contributed by atoms with E-state index in [9.17, 15) is 19.2 Å². The lowest BCUT2D eigenvalue weighted by Crippen LogP contribution is -2.29. The molecule has 0 N–H and O–H groups in total. The molecule has 0 aromatic heterocycles. The first-order valence-electron chi connectivity index (χ1n) is 11.1. The molecule has 4 rings (SSSR count). The molecule has 0 saturated carbocycles. The molecule has 2 aliphatic rings. The van der Waals surface area contributed by atoms with Crippen LogP contribution in [-0.4, -0.2) is 45.2 Å². The van der Waals surface area contributed by atoms with Gasteiger partial charge in [-0.25, -0.2) is 0 Å². The van der Waals surface area contributed by atoms with Crippen LogP contribution in [-0.2, 0) is 9.59 Å². The number of unbranched alkanes of at least 4 members (excludes halogenated alkanes) is 3. The van der Waals surface area contributed by atoms with Crippen molar-refractivity contribution in [2.45, 2.75) is 25.7 Å². The fourth-order valence-corrected chi connectivity index (χ4v) is 5.41. The second-order valence-electron chi connectivity index (χ2n) is 7.90. The van der Waals surface area contributed by atoms with Crippen LogP contribution in [0.1, 0.15) is 36.8 Å². The molecule has 2 aromatic rings. The van der Waals surface area contributed by atoms with Crippen LogP contribution in [0.15, 0.2) is 70.5 Å². The number of hydrogen-bond donors (Lipinski definition) is 0. The molecule has 0 aliphatic carbocycles. The summed E-state index contributed by atoms with van der Waals surface area (Å²) in [6.07, 6.45) is 6.46. The van der Waals surface area contributed by atoms with Gasteiger partial charge in [0.25, 0.3) is 22.3 Å². The Hall–Kier alpha value is -3.10. The van der Waals surface area contributed by atoms with E-state index in [1.807, 2.05) is 60.7 Å². The van der Waals surface area contributed by atoms with Crippen LogP contribution in [0.25, 0.3) is 12.2 Å². The highest BCUT2D eigenvalue weighted by Crippen LogP contribution is 2.33. The van der Waals surface area contributed by atoms with Gasteiger partial charge in [-0.15, -0.1) is 0 Å². The normalized spacial score (nSPS) is 18.7. The molecule has 2 saturated heterocycles. The van der Waals surface area contributed by atoms with E-state index in [0.29, 0.717) is 35.7 Å². The van der Waals surface area contributed by atoms with E-state index in [-0.39, 0.29) is 22.3 Å². The van der Waals surface area contributed by atoms with Crippen molar-refractivity contribution < 1.29 is 19.2 Å². The quantitative estimate of drug-likeness (QED) is 0.315. The maximum absolute atomic E-state index is 12.6. The Morgan fingerprint density at radius 3 is 1.32 bits per heavy atom. The Labute approximate surface area is 207 Å². The summed E-state index contributed by atoms with van der Waals surface area (Å²) in [4.78, 5) is 53.1. The van der Waals surface area contributed by atoms with E-state index in [4.69, 9.17) is 0 Å². The van der Waals surface area contributed by atoms with Gasteiger partial charge in [0.1, 0.15) is 0 Å². The summed E-state index contributed by atoms with van der Waals surface area (Å²) in [5.41, 5.74) is 1.78. The van der Waals surface area contributed by atoms with Crippen LogP contribution in [0, 0.1) is 0 Å². The Morgan fingerprint density at radius 2 is 0.941 bits per heavy atom. The highest BCUT2D eigenvalue weighted by Gasteiger charge is 2.35. The van der Waals surface area contributed by atoms with Crippen molar-refractivity contribution in [2.24, 2.45) is 0 Å². The first-order valence-corrected chi connectivity index (χ1v) is 12.8. The van der Waals surface area contributed by atoms with Gasteiger partial charge in [-0.1, -0.05) is 73.5 Å². The molecular formula is C26H24N2O4S2. The average molecular weight is 493 g/mol. The number of imide groups is 2. The molecular weight excluding hydrogens is 468 g/mol. The maximum atomic E-state index is 12.6. The monoisotopic (exact) mass is 492 g/mol. The molecule has 174 valence electrons. The zero-order valence-corrected chi connectivity index (χ0v) is 20.1. The van der Waals surface area contributed by atoms with Crippen molar-refractivity contribution >= 4 is 58.0 Å². The summed E-state index contributed by atoms with van der Waals surface area (Å²) in [6.45, 7) is 0.746. The van der Waals surface area contributed by atoms with E-state index in [1.165, 1.54) is 9.80 Å². The number of carbonyl (C=O) groups excluding carboxylic acids is 4. The fourth-order valence-electron chi connectivity index (χ4n) is 3.68. The van der Waals surface area contributed by atoms with Crippen LogP contribution in [0.3, 0.4) is 0 Å². The van der Waals surface area contributed by atoms with Gasteiger partial charge in [0.2, 0.25) is 0 Å².